The normalized spacial score (nSPS) is 12.3. The molecular formula is C14H10F6N2O2. The SMILES string of the molecule is CCOC(=O)c1ccc(-n2nc(C(F)(F)F)cc2C(F)(F)F)cc1. The summed E-state index contributed by atoms with van der Waals surface area (Å²) in [5, 5.41) is 2.98. The molecule has 10 heteroatoms. The third-order valence-corrected chi connectivity index (χ3v) is 2.91. The van der Waals surface area contributed by atoms with E-state index in [1.807, 2.05) is 0 Å². The quantitative estimate of drug-likeness (QED) is 0.617. The Balaban J connectivity index is 2.48. The zero-order chi connectivity index (χ0) is 18.1. The summed E-state index contributed by atoms with van der Waals surface area (Å²) in [6.45, 7) is 1.68. The van der Waals surface area contributed by atoms with Crippen molar-refractivity contribution in [3.05, 3.63) is 47.3 Å². The summed E-state index contributed by atoms with van der Waals surface area (Å²) in [7, 11) is 0. The lowest BCUT2D eigenvalue weighted by Crippen LogP contribution is -2.13. The number of esters is 1. The minimum atomic E-state index is -5.03. The van der Waals surface area contributed by atoms with Crippen LogP contribution in [0.4, 0.5) is 26.3 Å². The van der Waals surface area contributed by atoms with Crippen LogP contribution in [0.3, 0.4) is 0 Å². The Hall–Kier alpha value is -2.52. The molecule has 0 atom stereocenters. The molecule has 0 saturated carbocycles. The Labute approximate surface area is 131 Å². The number of hydrogen-bond donors (Lipinski definition) is 0. The largest absolute Gasteiger partial charge is 0.462 e. The van der Waals surface area contributed by atoms with E-state index >= 15 is 0 Å². The van der Waals surface area contributed by atoms with E-state index in [1.165, 1.54) is 0 Å². The number of aromatic nitrogens is 2. The fourth-order valence-corrected chi connectivity index (χ4v) is 1.87. The molecule has 0 amide bonds. The average molecular weight is 352 g/mol. The van der Waals surface area contributed by atoms with E-state index in [0.717, 1.165) is 24.3 Å². The Morgan fingerprint density at radius 1 is 1.08 bits per heavy atom. The lowest BCUT2D eigenvalue weighted by Gasteiger charge is -2.10. The molecular weight excluding hydrogens is 342 g/mol. The lowest BCUT2D eigenvalue weighted by atomic mass is 10.2. The summed E-state index contributed by atoms with van der Waals surface area (Å²) >= 11 is 0. The second-order valence-electron chi connectivity index (χ2n) is 4.59. The molecule has 0 bridgehead atoms. The highest BCUT2D eigenvalue weighted by Crippen LogP contribution is 2.36. The molecule has 0 aliphatic rings. The fourth-order valence-electron chi connectivity index (χ4n) is 1.87. The Bertz CT molecular complexity index is 731. The maximum absolute atomic E-state index is 12.9. The third-order valence-electron chi connectivity index (χ3n) is 2.91. The van der Waals surface area contributed by atoms with Crippen LogP contribution in [-0.2, 0) is 17.1 Å². The molecule has 0 fully saturated rings. The number of carbonyl (C=O) groups is 1. The van der Waals surface area contributed by atoms with E-state index in [1.54, 1.807) is 6.92 Å². The first-order valence-corrected chi connectivity index (χ1v) is 6.56. The van der Waals surface area contributed by atoms with Gasteiger partial charge < -0.3 is 4.74 Å². The number of alkyl halides is 6. The number of nitrogens with zero attached hydrogens (tertiary/aromatic N) is 2. The second kappa shape index (κ2) is 6.17. The van der Waals surface area contributed by atoms with Crippen molar-refractivity contribution < 1.29 is 35.9 Å². The van der Waals surface area contributed by atoms with Gasteiger partial charge in [0.15, 0.2) is 5.69 Å². The summed E-state index contributed by atoms with van der Waals surface area (Å²) in [6, 6.07) is 4.31. The van der Waals surface area contributed by atoms with Crippen molar-refractivity contribution in [2.75, 3.05) is 6.61 Å². The van der Waals surface area contributed by atoms with E-state index in [0.29, 0.717) is 0 Å². The van der Waals surface area contributed by atoms with Crippen molar-refractivity contribution in [3.63, 3.8) is 0 Å². The highest BCUT2D eigenvalue weighted by Gasteiger charge is 2.42. The predicted molar refractivity (Wildman–Crippen MR) is 69.5 cm³/mol. The molecule has 0 N–H and O–H groups in total. The van der Waals surface area contributed by atoms with E-state index in [4.69, 9.17) is 4.74 Å². The van der Waals surface area contributed by atoms with Gasteiger partial charge in [-0.05, 0) is 31.2 Å². The minimum Gasteiger partial charge on any atom is -0.462 e. The van der Waals surface area contributed by atoms with Crippen molar-refractivity contribution in [2.24, 2.45) is 0 Å². The van der Waals surface area contributed by atoms with Gasteiger partial charge in [0.1, 0.15) is 5.69 Å². The molecule has 1 aromatic carbocycles. The topological polar surface area (TPSA) is 44.1 Å². The monoisotopic (exact) mass is 352 g/mol. The first-order valence-electron chi connectivity index (χ1n) is 6.56. The summed E-state index contributed by atoms with van der Waals surface area (Å²) in [4.78, 5) is 11.5. The number of ether oxygens (including phenoxy) is 1. The molecule has 24 heavy (non-hydrogen) atoms. The van der Waals surface area contributed by atoms with Gasteiger partial charge in [0, 0.05) is 6.07 Å². The Morgan fingerprint density at radius 3 is 2.12 bits per heavy atom. The van der Waals surface area contributed by atoms with Gasteiger partial charge in [-0.3, -0.25) is 0 Å². The number of benzene rings is 1. The van der Waals surface area contributed by atoms with Crippen LogP contribution in [0.1, 0.15) is 28.7 Å². The smallest absolute Gasteiger partial charge is 0.435 e. The Morgan fingerprint density at radius 2 is 1.67 bits per heavy atom. The number of carbonyl (C=O) groups excluding carboxylic acids is 1. The molecule has 1 aromatic heterocycles. The molecule has 0 aliphatic carbocycles. The number of halogens is 6. The minimum absolute atomic E-state index is 0.0531. The Kier molecular flexibility index (Phi) is 4.59. The number of hydrogen-bond acceptors (Lipinski definition) is 3. The van der Waals surface area contributed by atoms with Crippen LogP contribution in [0, 0.1) is 0 Å². The van der Waals surface area contributed by atoms with Gasteiger partial charge in [-0.1, -0.05) is 0 Å². The van der Waals surface area contributed by atoms with Crippen LogP contribution in [0.15, 0.2) is 30.3 Å². The van der Waals surface area contributed by atoms with Crippen molar-refractivity contribution in [3.8, 4) is 5.69 Å². The first-order chi connectivity index (χ1) is 11.0. The van der Waals surface area contributed by atoms with Gasteiger partial charge >= 0.3 is 18.3 Å². The third kappa shape index (κ3) is 3.69. The molecule has 1 heterocycles. The summed E-state index contributed by atoms with van der Waals surface area (Å²) in [5.41, 5.74) is -3.45. The van der Waals surface area contributed by atoms with Crippen LogP contribution in [0.2, 0.25) is 0 Å². The molecule has 0 aliphatic heterocycles. The van der Waals surface area contributed by atoms with E-state index in [-0.39, 0.29) is 28.6 Å². The summed E-state index contributed by atoms with van der Waals surface area (Å²) in [6.07, 6.45) is -10.0. The van der Waals surface area contributed by atoms with Crippen LogP contribution >= 0.6 is 0 Å². The van der Waals surface area contributed by atoms with E-state index in [9.17, 15) is 31.1 Å². The predicted octanol–water partition coefficient (Wildman–Crippen LogP) is 4.09. The average Bonchev–Trinajstić information content (AvgIpc) is 2.93. The maximum atomic E-state index is 12.9. The van der Waals surface area contributed by atoms with Gasteiger partial charge in [-0.15, -0.1) is 0 Å². The standard InChI is InChI=1S/C14H10F6N2O2/c1-2-24-12(23)8-3-5-9(6-4-8)22-11(14(18,19)20)7-10(21-22)13(15,16)17/h3-7H,2H2,1H3. The molecule has 4 nitrogen and oxygen atoms in total. The molecule has 0 radical (unpaired) electrons. The highest BCUT2D eigenvalue weighted by atomic mass is 19.4. The van der Waals surface area contributed by atoms with E-state index in [2.05, 4.69) is 5.10 Å². The van der Waals surface area contributed by atoms with Crippen molar-refractivity contribution in [1.82, 2.24) is 9.78 Å². The molecule has 2 aromatic rings. The van der Waals surface area contributed by atoms with Crippen LogP contribution in [-0.4, -0.2) is 22.4 Å². The second-order valence-corrected chi connectivity index (χ2v) is 4.59. The van der Waals surface area contributed by atoms with E-state index < -0.39 is 29.7 Å². The zero-order valence-corrected chi connectivity index (χ0v) is 12.1. The first kappa shape index (κ1) is 17.8. The summed E-state index contributed by atoms with van der Waals surface area (Å²) in [5.74, 6) is -0.698. The molecule has 0 spiro atoms. The van der Waals surface area contributed by atoms with Crippen molar-refractivity contribution >= 4 is 5.97 Å². The van der Waals surface area contributed by atoms with Gasteiger partial charge in [0.2, 0.25) is 0 Å². The van der Waals surface area contributed by atoms with Crippen LogP contribution in [0.25, 0.3) is 5.69 Å². The highest BCUT2D eigenvalue weighted by molar-refractivity contribution is 5.89. The van der Waals surface area contributed by atoms with Gasteiger partial charge in [0.25, 0.3) is 0 Å². The van der Waals surface area contributed by atoms with Crippen LogP contribution in [0.5, 0.6) is 0 Å². The lowest BCUT2D eigenvalue weighted by molar-refractivity contribution is -0.143. The summed E-state index contributed by atoms with van der Waals surface area (Å²) < 4.78 is 81.6. The van der Waals surface area contributed by atoms with Crippen LogP contribution < -0.4 is 0 Å². The molecule has 0 unspecified atom stereocenters. The van der Waals surface area contributed by atoms with Gasteiger partial charge in [-0.25, -0.2) is 9.48 Å². The molecule has 2 rings (SSSR count). The number of rotatable bonds is 3. The van der Waals surface area contributed by atoms with Crippen molar-refractivity contribution in [2.45, 2.75) is 19.3 Å². The molecule has 0 saturated heterocycles. The fraction of sp³-hybridized carbons (Fsp3) is 0.286. The van der Waals surface area contributed by atoms with Gasteiger partial charge in [-0.2, -0.15) is 31.4 Å². The van der Waals surface area contributed by atoms with Crippen molar-refractivity contribution in [1.29, 1.82) is 0 Å². The van der Waals surface area contributed by atoms with Gasteiger partial charge in [0.05, 0.1) is 17.9 Å². The maximum Gasteiger partial charge on any atom is 0.435 e. The molecule has 130 valence electrons. The zero-order valence-electron chi connectivity index (χ0n) is 12.1.